The van der Waals surface area contributed by atoms with Crippen molar-refractivity contribution in [1.82, 2.24) is 0 Å². The number of sulfone groups is 1. The van der Waals surface area contributed by atoms with Gasteiger partial charge in [-0.3, -0.25) is 0 Å². The van der Waals surface area contributed by atoms with Crippen LogP contribution in [0.25, 0.3) is 0 Å². The molecule has 0 heterocycles. The number of nitriles is 1. The van der Waals surface area contributed by atoms with Crippen molar-refractivity contribution in [3.05, 3.63) is 69.7 Å². The van der Waals surface area contributed by atoms with Gasteiger partial charge in [-0.1, -0.05) is 23.2 Å². The lowest BCUT2D eigenvalue weighted by atomic mass is 10.4. The molecule has 0 unspecified atom stereocenters. The van der Waals surface area contributed by atoms with Gasteiger partial charge in [0.2, 0.25) is 9.84 Å². The van der Waals surface area contributed by atoms with Gasteiger partial charge in [0.25, 0.3) is 0 Å². The third-order valence-corrected chi connectivity index (χ3v) is 6.97. The van der Waals surface area contributed by atoms with Crippen LogP contribution in [0.15, 0.2) is 73.8 Å². The van der Waals surface area contributed by atoms with E-state index in [1.54, 1.807) is 18.2 Å². The van der Waals surface area contributed by atoms with Crippen LogP contribution in [-0.4, -0.2) is 18.9 Å². The van der Waals surface area contributed by atoms with E-state index >= 15 is 0 Å². The highest BCUT2D eigenvalue weighted by Crippen LogP contribution is 2.22. The van der Waals surface area contributed by atoms with Crippen molar-refractivity contribution in [3.63, 3.8) is 0 Å². The summed E-state index contributed by atoms with van der Waals surface area (Å²) in [4.78, 5) is -0.346. The van der Waals surface area contributed by atoms with Gasteiger partial charge >= 0.3 is 0 Å². The van der Waals surface area contributed by atoms with Crippen molar-refractivity contribution >= 4 is 42.8 Å². The highest BCUT2D eigenvalue weighted by molar-refractivity contribution is 7.95. The van der Waals surface area contributed by atoms with Crippen molar-refractivity contribution < 1.29 is 12.6 Å². The van der Waals surface area contributed by atoms with Gasteiger partial charge in [0.05, 0.1) is 20.8 Å². The first-order chi connectivity index (χ1) is 11.7. The number of hydrogen-bond acceptors (Lipinski definition) is 5. The standard InChI is InChI=1S/C16H12Cl2N2O3S2/c1-24(21,14-6-2-12(17)3-7-14)20-11-16(10-19)25(22,23)15-8-4-13(18)5-9-15/h2-9,11H,1H3/b16-11+/t24-/m0/s1. The molecule has 0 radical (unpaired) electrons. The quantitative estimate of drug-likeness (QED) is 0.697. The fraction of sp³-hybridized carbons (Fsp3) is 0.0625. The van der Waals surface area contributed by atoms with Crippen LogP contribution in [0.5, 0.6) is 0 Å². The van der Waals surface area contributed by atoms with Crippen molar-refractivity contribution in [2.24, 2.45) is 4.36 Å². The van der Waals surface area contributed by atoms with Crippen LogP contribution < -0.4 is 0 Å². The molecule has 2 aromatic carbocycles. The minimum atomic E-state index is -4.08. The van der Waals surface area contributed by atoms with Crippen molar-refractivity contribution in [2.45, 2.75) is 9.79 Å². The second-order valence-corrected chi connectivity index (χ2v) is 10.0. The van der Waals surface area contributed by atoms with Gasteiger partial charge in [-0.05, 0) is 48.5 Å². The van der Waals surface area contributed by atoms with Crippen LogP contribution in [0.1, 0.15) is 0 Å². The van der Waals surface area contributed by atoms with Gasteiger partial charge in [-0.25, -0.2) is 17.0 Å². The first-order valence-corrected chi connectivity index (χ1v) is 10.9. The Morgan fingerprint density at radius 1 is 0.960 bits per heavy atom. The van der Waals surface area contributed by atoms with E-state index in [0.717, 1.165) is 6.20 Å². The average molecular weight is 415 g/mol. The van der Waals surface area contributed by atoms with Crippen LogP contribution in [0.4, 0.5) is 0 Å². The molecule has 0 N–H and O–H groups in total. The zero-order valence-corrected chi connectivity index (χ0v) is 16.0. The second-order valence-electron chi connectivity index (χ2n) is 4.92. The monoisotopic (exact) mass is 414 g/mol. The first-order valence-electron chi connectivity index (χ1n) is 6.74. The Kier molecular flexibility index (Phi) is 5.91. The van der Waals surface area contributed by atoms with Gasteiger partial charge in [0, 0.05) is 21.2 Å². The number of allylic oxidation sites excluding steroid dienone is 1. The SMILES string of the molecule is C[S@@](=O)(=N/C=C(\C#N)S(=O)(=O)c1ccc(Cl)cc1)c1ccc(Cl)cc1. The number of hydrogen-bond donors (Lipinski definition) is 0. The lowest BCUT2D eigenvalue weighted by Crippen LogP contribution is -2.04. The van der Waals surface area contributed by atoms with Crippen LogP contribution in [-0.2, 0) is 19.6 Å². The van der Waals surface area contributed by atoms with Gasteiger partial charge in [-0.2, -0.15) is 5.26 Å². The van der Waals surface area contributed by atoms with Crippen molar-refractivity contribution in [3.8, 4) is 6.07 Å². The molecule has 0 aliphatic heterocycles. The number of nitrogens with zero attached hydrogens (tertiary/aromatic N) is 2. The Morgan fingerprint density at radius 2 is 1.40 bits per heavy atom. The summed E-state index contributed by atoms with van der Waals surface area (Å²) in [5.74, 6) is 0. The van der Waals surface area contributed by atoms with Crippen LogP contribution in [0, 0.1) is 11.3 Å². The second kappa shape index (κ2) is 7.58. The fourth-order valence-electron chi connectivity index (χ4n) is 1.80. The highest BCUT2D eigenvalue weighted by atomic mass is 35.5. The molecule has 5 nitrogen and oxygen atoms in total. The highest BCUT2D eigenvalue weighted by Gasteiger charge is 2.21. The molecule has 9 heteroatoms. The summed E-state index contributed by atoms with van der Waals surface area (Å²) in [6.07, 6.45) is 2.16. The van der Waals surface area contributed by atoms with E-state index < -0.39 is 24.5 Å². The maximum Gasteiger partial charge on any atom is 0.218 e. The molecule has 130 valence electrons. The fourth-order valence-corrected chi connectivity index (χ4v) is 4.24. The Labute approximate surface area is 156 Å². The van der Waals surface area contributed by atoms with E-state index in [-0.39, 0.29) is 4.90 Å². The Balaban J connectivity index is 2.49. The molecule has 0 amide bonds. The third kappa shape index (κ3) is 4.61. The van der Waals surface area contributed by atoms with E-state index in [2.05, 4.69) is 4.36 Å². The minimum absolute atomic E-state index is 0.103. The van der Waals surface area contributed by atoms with Crippen molar-refractivity contribution in [2.75, 3.05) is 6.26 Å². The summed E-state index contributed by atoms with van der Waals surface area (Å²) in [5, 5.41) is 10.0. The molecule has 0 bridgehead atoms. The summed E-state index contributed by atoms with van der Waals surface area (Å²) in [6.45, 7) is 0. The number of benzene rings is 2. The summed E-state index contributed by atoms with van der Waals surface area (Å²) >= 11 is 11.5. The maximum atomic E-state index is 12.7. The summed E-state index contributed by atoms with van der Waals surface area (Å²) in [6, 6.07) is 13.1. The van der Waals surface area contributed by atoms with Crippen LogP contribution in [0.2, 0.25) is 10.0 Å². The molecule has 0 spiro atoms. The van der Waals surface area contributed by atoms with Crippen molar-refractivity contribution in [1.29, 1.82) is 5.26 Å². The topological polar surface area (TPSA) is 87.4 Å². The van der Waals surface area contributed by atoms with Gasteiger partial charge in [0.15, 0.2) is 4.91 Å². The molecule has 25 heavy (non-hydrogen) atoms. The summed E-state index contributed by atoms with van der Waals surface area (Å²) in [5.41, 5.74) is 0. The van der Waals surface area contributed by atoms with Gasteiger partial charge < -0.3 is 0 Å². The smallest absolute Gasteiger partial charge is 0.218 e. The van der Waals surface area contributed by atoms with Crippen LogP contribution >= 0.6 is 23.2 Å². The molecular formula is C16H12Cl2N2O3S2. The third-order valence-electron chi connectivity index (χ3n) is 3.15. The molecule has 0 aliphatic carbocycles. The summed E-state index contributed by atoms with van der Waals surface area (Å²) < 4.78 is 41.4. The predicted octanol–water partition coefficient (Wildman–Crippen LogP) is 4.29. The van der Waals surface area contributed by atoms with Gasteiger partial charge in [-0.15, -0.1) is 0 Å². The predicted molar refractivity (Wildman–Crippen MR) is 98.5 cm³/mol. The molecular weight excluding hydrogens is 403 g/mol. The Morgan fingerprint density at radius 3 is 1.84 bits per heavy atom. The van der Waals surface area contributed by atoms with Gasteiger partial charge in [0.1, 0.15) is 6.07 Å². The normalized spacial score (nSPS) is 14.4. The van der Waals surface area contributed by atoms with E-state index in [1.807, 2.05) is 0 Å². The molecule has 2 aromatic rings. The van der Waals surface area contributed by atoms with E-state index in [1.165, 1.54) is 42.7 Å². The Hall–Kier alpha value is -1.85. The maximum absolute atomic E-state index is 12.7. The number of halogens is 2. The lowest BCUT2D eigenvalue weighted by Gasteiger charge is -2.04. The first kappa shape index (κ1) is 19.5. The molecule has 2 rings (SSSR count). The molecule has 1 atom stereocenters. The zero-order valence-electron chi connectivity index (χ0n) is 12.9. The van der Waals surface area contributed by atoms with E-state index in [9.17, 15) is 17.9 Å². The zero-order chi connectivity index (χ0) is 18.7. The molecule has 0 fully saturated rings. The molecule has 0 saturated carbocycles. The van der Waals surface area contributed by atoms with Crippen LogP contribution in [0.3, 0.4) is 0 Å². The largest absolute Gasteiger partial charge is 0.245 e. The molecule has 0 aliphatic rings. The minimum Gasteiger partial charge on any atom is -0.245 e. The summed E-state index contributed by atoms with van der Waals surface area (Å²) in [7, 11) is -7.01. The van der Waals surface area contributed by atoms with E-state index in [0.29, 0.717) is 14.9 Å². The average Bonchev–Trinajstić information content (AvgIpc) is 2.56. The molecule has 0 aromatic heterocycles. The lowest BCUT2D eigenvalue weighted by molar-refractivity contribution is 0.603. The molecule has 0 saturated heterocycles. The number of rotatable bonds is 4. The Bertz CT molecular complexity index is 1080. The van der Waals surface area contributed by atoms with E-state index in [4.69, 9.17) is 23.2 Å².